The lowest BCUT2D eigenvalue weighted by Crippen LogP contribution is -2.56. The highest BCUT2D eigenvalue weighted by molar-refractivity contribution is 9.10. The first kappa shape index (κ1) is 22.7. The SMILES string of the molecule is CCC1(CC)C(=O)[C@@](C)(CC(=O)c2ccc(Cl)cc2)C(=O)O[C@H]1c1ccc(Br)cc1. The Hall–Kier alpha value is -1.98. The molecule has 30 heavy (non-hydrogen) atoms. The molecule has 0 unspecified atom stereocenters. The number of carbonyl (C=O) groups excluding carboxylic acids is 3. The third-order valence-electron chi connectivity index (χ3n) is 6.25. The molecule has 1 heterocycles. The molecule has 158 valence electrons. The molecule has 2 aromatic carbocycles. The number of rotatable bonds is 6. The Kier molecular flexibility index (Phi) is 6.54. The molecule has 0 saturated carbocycles. The second kappa shape index (κ2) is 8.64. The van der Waals surface area contributed by atoms with Crippen LogP contribution in [0.1, 0.15) is 62.1 Å². The third-order valence-corrected chi connectivity index (χ3v) is 7.03. The summed E-state index contributed by atoms with van der Waals surface area (Å²) in [6.07, 6.45) is 0.0859. The van der Waals surface area contributed by atoms with Crippen LogP contribution in [0.2, 0.25) is 5.02 Å². The van der Waals surface area contributed by atoms with Gasteiger partial charge in [0.25, 0.3) is 0 Å². The number of halogens is 2. The number of Topliss-reactive ketones (excluding diaryl/α,β-unsaturated/α-hetero) is 2. The topological polar surface area (TPSA) is 60.4 Å². The fourth-order valence-corrected chi connectivity index (χ4v) is 4.68. The smallest absolute Gasteiger partial charge is 0.320 e. The number of cyclic esters (lactones) is 1. The summed E-state index contributed by atoms with van der Waals surface area (Å²) in [4.78, 5) is 39.8. The van der Waals surface area contributed by atoms with Gasteiger partial charge in [0.2, 0.25) is 0 Å². The van der Waals surface area contributed by atoms with E-state index in [1.165, 1.54) is 6.92 Å². The van der Waals surface area contributed by atoms with E-state index in [1.807, 2.05) is 38.1 Å². The average molecular weight is 492 g/mol. The first-order chi connectivity index (χ1) is 14.2. The fraction of sp³-hybridized carbons (Fsp3) is 0.375. The summed E-state index contributed by atoms with van der Waals surface area (Å²) in [5.41, 5.74) is -1.24. The molecule has 1 aliphatic rings. The molecular formula is C24H24BrClO4. The Morgan fingerprint density at radius 2 is 1.60 bits per heavy atom. The predicted octanol–water partition coefficient (Wildman–Crippen LogP) is 6.36. The molecule has 2 atom stereocenters. The summed E-state index contributed by atoms with van der Waals surface area (Å²) in [6, 6.07) is 13.9. The summed E-state index contributed by atoms with van der Waals surface area (Å²) in [5.74, 6) is -1.17. The number of hydrogen-bond acceptors (Lipinski definition) is 4. The van der Waals surface area contributed by atoms with E-state index in [4.69, 9.17) is 16.3 Å². The maximum absolute atomic E-state index is 13.8. The van der Waals surface area contributed by atoms with Gasteiger partial charge in [-0.15, -0.1) is 0 Å². The molecule has 0 aliphatic carbocycles. The summed E-state index contributed by atoms with van der Waals surface area (Å²) >= 11 is 9.31. The van der Waals surface area contributed by atoms with Crippen molar-refractivity contribution in [3.8, 4) is 0 Å². The molecule has 0 amide bonds. The van der Waals surface area contributed by atoms with E-state index in [2.05, 4.69) is 15.9 Å². The lowest BCUT2D eigenvalue weighted by atomic mass is 9.60. The van der Waals surface area contributed by atoms with Gasteiger partial charge < -0.3 is 4.74 Å². The van der Waals surface area contributed by atoms with Gasteiger partial charge in [-0.3, -0.25) is 14.4 Å². The van der Waals surface area contributed by atoms with E-state index < -0.39 is 22.9 Å². The normalized spacial score (nSPS) is 23.2. The van der Waals surface area contributed by atoms with E-state index in [1.54, 1.807) is 24.3 Å². The highest BCUT2D eigenvalue weighted by Crippen LogP contribution is 2.53. The second-order valence-electron chi connectivity index (χ2n) is 7.97. The molecule has 4 nitrogen and oxygen atoms in total. The van der Waals surface area contributed by atoms with Crippen LogP contribution < -0.4 is 0 Å². The van der Waals surface area contributed by atoms with Crippen LogP contribution in [-0.2, 0) is 14.3 Å². The molecule has 0 N–H and O–H groups in total. The fourth-order valence-electron chi connectivity index (χ4n) is 4.29. The predicted molar refractivity (Wildman–Crippen MR) is 120 cm³/mol. The van der Waals surface area contributed by atoms with Crippen molar-refractivity contribution < 1.29 is 19.1 Å². The molecular weight excluding hydrogens is 468 g/mol. The maximum Gasteiger partial charge on any atom is 0.320 e. The van der Waals surface area contributed by atoms with E-state index in [0.29, 0.717) is 23.4 Å². The van der Waals surface area contributed by atoms with Crippen LogP contribution in [0, 0.1) is 10.8 Å². The van der Waals surface area contributed by atoms with Crippen LogP contribution in [0.25, 0.3) is 0 Å². The summed E-state index contributed by atoms with van der Waals surface area (Å²) in [6.45, 7) is 5.38. The van der Waals surface area contributed by atoms with Crippen molar-refractivity contribution in [1.29, 1.82) is 0 Å². The van der Waals surface area contributed by atoms with Crippen molar-refractivity contribution in [2.45, 2.75) is 46.1 Å². The van der Waals surface area contributed by atoms with Crippen molar-refractivity contribution >= 4 is 45.1 Å². The van der Waals surface area contributed by atoms with Gasteiger partial charge in [-0.2, -0.15) is 0 Å². The van der Waals surface area contributed by atoms with E-state index >= 15 is 0 Å². The first-order valence-corrected chi connectivity index (χ1v) is 11.1. The van der Waals surface area contributed by atoms with Crippen molar-refractivity contribution in [3.63, 3.8) is 0 Å². The molecule has 0 aromatic heterocycles. The zero-order valence-corrected chi connectivity index (χ0v) is 19.5. The molecule has 1 aliphatic heterocycles. The monoisotopic (exact) mass is 490 g/mol. The minimum absolute atomic E-state index is 0.230. The molecule has 0 spiro atoms. The van der Waals surface area contributed by atoms with E-state index in [-0.39, 0.29) is 18.0 Å². The van der Waals surface area contributed by atoms with Gasteiger partial charge in [0, 0.05) is 21.5 Å². The van der Waals surface area contributed by atoms with Crippen molar-refractivity contribution in [2.75, 3.05) is 0 Å². The molecule has 1 saturated heterocycles. The lowest BCUT2D eigenvalue weighted by molar-refractivity contribution is -0.191. The Balaban J connectivity index is 1.98. The Bertz CT molecular complexity index is 964. The second-order valence-corrected chi connectivity index (χ2v) is 9.32. The molecule has 0 radical (unpaired) electrons. The van der Waals surface area contributed by atoms with Crippen LogP contribution in [-0.4, -0.2) is 17.5 Å². The van der Waals surface area contributed by atoms with Crippen LogP contribution in [0.4, 0.5) is 0 Å². The zero-order valence-electron chi connectivity index (χ0n) is 17.2. The number of ether oxygens (including phenoxy) is 1. The maximum atomic E-state index is 13.8. The van der Waals surface area contributed by atoms with Crippen LogP contribution in [0.3, 0.4) is 0 Å². The van der Waals surface area contributed by atoms with Crippen LogP contribution in [0.5, 0.6) is 0 Å². The van der Waals surface area contributed by atoms with Gasteiger partial charge in [-0.05, 0) is 61.7 Å². The van der Waals surface area contributed by atoms with Gasteiger partial charge in [-0.1, -0.05) is 53.5 Å². The van der Waals surface area contributed by atoms with Gasteiger partial charge in [0.15, 0.2) is 11.6 Å². The molecule has 1 fully saturated rings. The highest BCUT2D eigenvalue weighted by Gasteiger charge is 2.61. The van der Waals surface area contributed by atoms with E-state index in [0.717, 1.165) is 10.0 Å². The summed E-state index contributed by atoms with van der Waals surface area (Å²) in [7, 11) is 0. The number of ketones is 2. The minimum Gasteiger partial charge on any atom is -0.456 e. The van der Waals surface area contributed by atoms with Gasteiger partial charge in [-0.25, -0.2) is 0 Å². The largest absolute Gasteiger partial charge is 0.456 e. The summed E-state index contributed by atoms with van der Waals surface area (Å²) < 4.78 is 6.80. The van der Waals surface area contributed by atoms with Crippen molar-refractivity contribution in [3.05, 3.63) is 69.2 Å². The third kappa shape index (κ3) is 3.85. The molecule has 0 bridgehead atoms. The van der Waals surface area contributed by atoms with Gasteiger partial charge in [0.05, 0.1) is 5.41 Å². The van der Waals surface area contributed by atoms with Crippen molar-refractivity contribution in [1.82, 2.24) is 0 Å². The van der Waals surface area contributed by atoms with E-state index in [9.17, 15) is 14.4 Å². The lowest BCUT2D eigenvalue weighted by Gasteiger charge is -2.47. The number of hydrogen-bond donors (Lipinski definition) is 0. The Morgan fingerprint density at radius 3 is 2.13 bits per heavy atom. The Labute approximate surface area is 190 Å². The highest BCUT2D eigenvalue weighted by atomic mass is 79.9. The number of carbonyl (C=O) groups is 3. The van der Waals surface area contributed by atoms with Crippen LogP contribution in [0.15, 0.2) is 53.0 Å². The zero-order chi connectivity index (χ0) is 22.1. The Morgan fingerprint density at radius 1 is 1.03 bits per heavy atom. The number of esters is 1. The standard InChI is InChI=1S/C24H24BrClO4/c1-4-24(5-2)20(16-6-10-17(25)11-7-16)30-22(29)23(3,21(24)28)14-19(27)15-8-12-18(26)13-9-15/h6-13,20H,4-5,14H2,1-3H3/t20-,23+/m0/s1. The average Bonchev–Trinajstić information content (AvgIpc) is 2.74. The van der Waals surface area contributed by atoms with Crippen LogP contribution >= 0.6 is 27.5 Å². The minimum atomic E-state index is -1.53. The van der Waals surface area contributed by atoms with Gasteiger partial charge >= 0.3 is 5.97 Å². The quantitative estimate of drug-likeness (QED) is 0.268. The number of benzene rings is 2. The molecule has 3 rings (SSSR count). The van der Waals surface area contributed by atoms with Crippen molar-refractivity contribution in [2.24, 2.45) is 10.8 Å². The van der Waals surface area contributed by atoms with Gasteiger partial charge in [0.1, 0.15) is 11.5 Å². The molecule has 2 aromatic rings. The summed E-state index contributed by atoms with van der Waals surface area (Å²) in [5, 5.41) is 0.513. The first-order valence-electron chi connectivity index (χ1n) is 9.98. The molecule has 6 heteroatoms.